The molecular formula is C23H24N2S3. The van der Waals surface area contributed by atoms with Crippen molar-refractivity contribution in [2.24, 2.45) is 0 Å². The molecule has 2 nitrogen and oxygen atoms in total. The fourth-order valence-electron chi connectivity index (χ4n) is 4.30. The van der Waals surface area contributed by atoms with Gasteiger partial charge >= 0.3 is 0 Å². The van der Waals surface area contributed by atoms with E-state index in [1.807, 2.05) is 22.7 Å². The van der Waals surface area contributed by atoms with Gasteiger partial charge in [-0.25, -0.2) is 0 Å². The molecule has 5 heteroatoms. The van der Waals surface area contributed by atoms with Crippen molar-refractivity contribution in [2.45, 2.75) is 58.8 Å². The molecule has 5 rings (SSSR count). The van der Waals surface area contributed by atoms with Gasteiger partial charge in [0, 0.05) is 30.6 Å². The average molecular weight is 425 g/mol. The van der Waals surface area contributed by atoms with E-state index in [2.05, 4.69) is 52.0 Å². The van der Waals surface area contributed by atoms with E-state index < -0.39 is 0 Å². The highest BCUT2D eigenvalue weighted by atomic mass is 32.1. The molecular weight excluding hydrogens is 400 g/mol. The van der Waals surface area contributed by atoms with Crippen LogP contribution in [0.15, 0.2) is 24.3 Å². The van der Waals surface area contributed by atoms with Gasteiger partial charge in [0.15, 0.2) is 0 Å². The van der Waals surface area contributed by atoms with Gasteiger partial charge < -0.3 is 0 Å². The zero-order chi connectivity index (χ0) is 19.4. The highest BCUT2D eigenvalue weighted by Gasteiger charge is 2.24. The Morgan fingerprint density at radius 1 is 1.04 bits per heavy atom. The molecule has 28 heavy (non-hydrogen) atoms. The summed E-state index contributed by atoms with van der Waals surface area (Å²) in [7, 11) is 0. The second kappa shape index (κ2) is 7.05. The molecule has 0 N–H and O–H groups in total. The van der Waals surface area contributed by atoms with Gasteiger partial charge in [0.1, 0.15) is 11.0 Å². The number of benzene rings is 1. The lowest BCUT2D eigenvalue weighted by atomic mass is 10.0. The summed E-state index contributed by atoms with van der Waals surface area (Å²) in [5.74, 6) is 1.26. The Balaban J connectivity index is 1.64. The van der Waals surface area contributed by atoms with Gasteiger partial charge in [-0.05, 0) is 54.4 Å². The number of aryl methyl sites for hydroxylation is 2. The first kappa shape index (κ1) is 18.5. The van der Waals surface area contributed by atoms with Crippen molar-refractivity contribution in [3.05, 3.63) is 45.1 Å². The standard InChI is InChI=1S/C23H24N2S3/c1-5-14-10-18(26-22(14)12(2)3)16-8-9-17(21-20(16)24-28-25-21)19-11-15-7-6-13(4)23(15)27-19/h8-13H,5-7H2,1-4H3. The predicted octanol–water partition coefficient (Wildman–Crippen LogP) is 7.88. The van der Waals surface area contributed by atoms with Crippen LogP contribution in [0.25, 0.3) is 31.9 Å². The third-order valence-electron chi connectivity index (χ3n) is 5.83. The number of nitrogens with zero attached hydrogens (tertiary/aromatic N) is 2. The SMILES string of the molecule is CCc1cc(-c2ccc(-c3cc4c(s3)C(C)CC4)c3nsnc23)sc1C(C)C. The van der Waals surface area contributed by atoms with Crippen LogP contribution >= 0.6 is 34.4 Å². The van der Waals surface area contributed by atoms with Gasteiger partial charge in [-0.15, -0.1) is 22.7 Å². The van der Waals surface area contributed by atoms with Crippen LogP contribution in [0.4, 0.5) is 0 Å². The Labute approximate surface area is 178 Å². The Kier molecular flexibility index (Phi) is 4.65. The maximum atomic E-state index is 4.71. The molecule has 3 heterocycles. The van der Waals surface area contributed by atoms with Crippen molar-refractivity contribution in [1.82, 2.24) is 8.75 Å². The molecule has 0 aliphatic heterocycles. The summed E-state index contributed by atoms with van der Waals surface area (Å²) in [6, 6.07) is 9.30. The molecule has 0 saturated heterocycles. The first-order chi connectivity index (χ1) is 13.6. The maximum Gasteiger partial charge on any atom is 0.114 e. The molecule has 1 aliphatic carbocycles. The Bertz CT molecular complexity index is 1160. The number of fused-ring (bicyclic) bond motifs is 2. The molecule has 3 aromatic heterocycles. The summed E-state index contributed by atoms with van der Waals surface area (Å²) < 4.78 is 9.42. The van der Waals surface area contributed by atoms with Crippen molar-refractivity contribution in [3.8, 4) is 20.9 Å². The van der Waals surface area contributed by atoms with Crippen LogP contribution in [0.2, 0.25) is 0 Å². The number of hydrogen-bond donors (Lipinski definition) is 0. The van der Waals surface area contributed by atoms with Gasteiger partial charge in [0.25, 0.3) is 0 Å². The minimum Gasteiger partial charge on any atom is -0.172 e. The van der Waals surface area contributed by atoms with Crippen molar-refractivity contribution in [2.75, 3.05) is 0 Å². The highest BCUT2D eigenvalue weighted by molar-refractivity contribution is 7.16. The van der Waals surface area contributed by atoms with Gasteiger partial charge in [0.2, 0.25) is 0 Å². The Morgan fingerprint density at radius 3 is 2.29 bits per heavy atom. The third-order valence-corrected chi connectivity index (χ3v) is 9.31. The molecule has 0 saturated carbocycles. The highest BCUT2D eigenvalue weighted by Crippen LogP contribution is 2.45. The van der Waals surface area contributed by atoms with E-state index in [4.69, 9.17) is 8.75 Å². The topological polar surface area (TPSA) is 25.8 Å². The molecule has 1 aromatic carbocycles. The number of hydrogen-bond acceptors (Lipinski definition) is 5. The summed E-state index contributed by atoms with van der Waals surface area (Å²) >= 11 is 5.22. The molecule has 0 spiro atoms. The monoisotopic (exact) mass is 424 g/mol. The number of rotatable bonds is 4. The molecule has 0 fully saturated rings. The average Bonchev–Trinajstić information content (AvgIpc) is 3.45. The van der Waals surface area contributed by atoms with Crippen molar-refractivity contribution < 1.29 is 0 Å². The lowest BCUT2D eigenvalue weighted by Crippen LogP contribution is -1.87. The van der Waals surface area contributed by atoms with E-state index in [0.29, 0.717) is 11.8 Å². The van der Waals surface area contributed by atoms with Gasteiger partial charge in [-0.2, -0.15) is 8.75 Å². The molecule has 144 valence electrons. The van der Waals surface area contributed by atoms with E-state index in [0.717, 1.165) is 17.5 Å². The molecule has 0 amide bonds. The van der Waals surface area contributed by atoms with Crippen LogP contribution < -0.4 is 0 Å². The van der Waals surface area contributed by atoms with E-state index in [1.165, 1.54) is 55.9 Å². The first-order valence-electron chi connectivity index (χ1n) is 10.1. The quantitative estimate of drug-likeness (QED) is 0.333. The first-order valence-corrected chi connectivity index (χ1v) is 12.4. The fraction of sp³-hybridized carbons (Fsp3) is 0.391. The van der Waals surface area contributed by atoms with E-state index in [9.17, 15) is 0 Å². The minimum atomic E-state index is 0.563. The van der Waals surface area contributed by atoms with Crippen molar-refractivity contribution >= 4 is 45.4 Å². The van der Waals surface area contributed by atoms with Gasteiger partial charge in [0.05, 0.1) is 11.7 Å². The summed E-state index contributed by atoms with van der Waals surface area (Å²) in [6.45, 7) is 9.17. The van der Waals surface area contributed by atoms with Crippen LogP contribution in [0.1, 0.15) is 66.8 Å². The predicted molar refractivity (Wildman–Crippen MR) is 124 cm³/mol. The third kappa shape index (κ3) is 2.87. The van der Waals surface area contributed by atoms with Crippen LogP contribution in [-0.2, 0) is 12.8 Å². The molecule has 1 aliphatic rings. The summed E-state index contributed by atoms with van der Waals surface area (Å²) in [5.41, 5.74) is 7.61. The van der Waals surface area contributed by atoms with Crippen LogP contribution in [-0.4, -0.2) is 8.75 Å². The van der Waals surface area contributed by atoms with Crippen LogP contribution in [0.5, 0.6) is 0 Å². The zero-order valence-electron chi connectivity index (χ0n) is 16.7. The van der Waals surface area contributed by atoms with Crippen molar-refractivity contribution in [1.29, 1.82) is 0 Å². The van der Waals surface area contributed by atoms with Crippen LogP contribution in [0.3, 0.4) is 0 Å². The molecule has 0 radical (unpaired) electrons. The summed E-state index contributed by atoms with van der Waals surface area (Å²) in [5, 5.41) is 0. The molecule has 1 unspecified atom stereocenters. The lowest BCUT2D eigenvalue weighted by Gasteiger charge is -2.05. The van der Waals surface area contributed by atoms with E-state index in [1.54, 1.807) is 10.4 Å². The maximum absolute atomic E-state index is 4.71. The summed E-state index contributed by atoms with van der Waals surface area (Å²) in [4.78, 5) is 5.75. The largest absolute Gasteiger partial charge is 0.172 e. The molecule has 1 atom stereocenters. The second-order valence-electron chi connectivity index (χ2n) is 8.07. The Morgan fingerprint density at radius 2 is 1.71 bits per heavy atom. The number of thiophene rings is 2. The minimum absolute atomic E-state index is 0.563. The Hall–Kier alpha value is -1.56. The summed E-state index contributed by atoms with van der Waals surface area (Å²) in [6.07, 6.45) is 3.60. The smallest absolute Gasteiger partial charge is 0.114 e. The molecule has 4 aromatic rings. The normalized spacial score (nSPS) is 16.4. The fourth-order valence-corrected chi connectivity index (χ4v) is 7.48. The van der Waals surface area contributed by atoms with Gasteiger partial charge in [-0.3, -0.25) is 0 Å². The lowest BCUT2D eigenvalue weighted by molar-refractivity contribution is 0.754. The van der Waals surface area contributed by atoms with Crippen molar-refractivity contribution in [3.63, 3.8) is 0 Å². The molecule has 0 bridgehead atoms. The zero-order valence-corrected chi connectivity index (χ0v) is 19.2. The van der Waals surface area contributed by atoms with Gasteiger partial charge in [-0.1, -0.05) is 39.8 Å². The number of aromatic nitrogens is 2. The van der Waals surface area contributed by atoms with E-state index >= 15 is 0 Å². The van der Waals surface area contributed by atoms with E-state index in [-0.39, 0.29) is 0 Å². The second-order valence-corrected chi connectivity index (χ2v) is 10.8. The van der Waals surface area contributed by atoms with Crippen LogP contribution in [0, 0.1) is 0 Å².